The Kier molecular flexibility index (Phi) is 3.74. The lowest BCUT2D eigenvalue weighted by Crippen LogP contribution is -2.32. The van der Waals surface area contributed by atoms with Crippen molar-refractivity contribution < 1.29 is 19.4 Å². The van der Waals surface area contributed by atoms with Gasteiger partial charge in [-0.2, -0.15) is 0 Å². The summed E-state index contributed by atoms with van der Waals surface area (Å²) in [5.74, 6) is -1.70. The van der Waals surface area contributed by atoms with Crippen LogP contribution in [0.25, 0.3) is 0 Å². The van der Waals surface area contributed by atoms with E-state index >= 15 is 0 Å². The summed E-state index contributed by atoms with van der Waals surface area (Å²) >= 11 is 0. The van der Waals surface area contributed by atoms with Gasteiger partial charge in [0.15, 0.2) is 6.10 Å². The lowest BCUT2D eigenvalue weighted by molar-refractivity contribution is -0.155. The second kappa shape index (κ2) is 4.08. The molecule has 1 N–H and O–H groups in total. The number of ketones is 1. The molecule has 0 aromatic heterocycles. The van der Waals surface area contributed by atoms with Crippen LogP contribution in [0.5, 0.6) is 0 Å². The van der Waals surface area contributed by atoms with Gasteiger partial charge in [0.2, 0.25) is 0 Å². The van der Waals surface area contributed by atoms with Crippen LogP contribution in [0.3, 0.4) is 0 Å². The van der Waals surface area contributed by atoms with Crippen LogP contribution < -0.4 is 0 Å². The summed E-state index contributed by atoms with van der Waals surface area (Å²) in [5.41, 5.74) is 0. The van der Waals surface area contributed by atoms with E-state index in [0.29, 0.717) is 0 Å². The predicted octanol–water partition coefficient (Wildman–Crippen LogP) is -0.255. The van der Waals surface area contributed by atoms with Gasteiger partial charge in [0.25, 0.3) is 0 Å². The summed E-state index contributed by atoms with van der Waals surface area (Å²) in [4.78, 5) is 21.3. The SMILES string of the molecule is COC(=O)C(O)[C@@H](C)C(C)=O. The van der Waals surface area contributed by atoms with Crippen molar-refractivity contribution in [1.29, 1.82) is 0 Å². The standard InChI is InChI=1S/C7H12O4/c1-4(5(2)8)6(9)7(10)11-3/h4,6,9H,1-3H3/t4-,6?/m0/s1. The highest BCUT2D eigenvalue weighted by Gasteiger charge is 2.25. The van der Waals surface area contributed by atoms with Gasteiger partial charge in [0, 0.05) is 0 Å². The highest BCUT2D eigenvalue weighted by molar-refractivity contribution is 5.86. The summed E-state index contributed by atoms with van der Waals surface area (Å²) < 4.78 is 4.24. The Morgan fingerprint density at radius 2 is 1.91 bits per heavy atom. The molecular formula is C7H12O4. The Morgan fingerprint density at radius 1 is 1.45 bits per heavy atom. The molecule has 0 heterocycles. The van der Waals surface area contributed by atoms with Crippen molar-refractivity contribution in [3.8, 4) is 0 Å². The molecule has 0 rings (SSSR count). The van der Waals surface area contributed by atoms with Crippen molar-refractivity contribution in [2.75, 3.05) is 7.11 Å². The zero-order valence-corrected chi connectivity index (χ0v) is 6.83. The number of carbonyl (C=O) groups excluding carboxylic acids is 2. The van der Waals surface area contributed by atoms with Gasteiger partial charge >= 0.3 is 5.97 Å². The summed E-state index contributed by atoms with van der Waals surface area (Å²) in [6.07, 6.45) is -1.34. The molecule has 0 bridgehead atoms. The van der Waals surface area contributed by atoms with Gasteiger partial charge in [-0.1, -0.05) is 6.92 Å². The summed E-state index contributed by atoms with van der Waals surface area (Å²) in [7, 11) is 1.17. The van der Waals surface area contributed by atoms with E-state index in [9.17, 15) is 9.59 Å². The molecule has 4 heteroatoms. The first kappa shape index (κ1) is 10.1. The number of hydrogen-bond donors (Lipinski definition) is 1. The maximum atomic E-state index is 10.6. The Bertz CT molecular complexity index is 164. The number of esters is 1. The number of carbonyl (C=O) groups is 2. The summed E-state index contributed by atoms with van der Waals surface area (Å²) in [6.45, 7) is 2.79. The van der Waals surface area contributed by atoms with Gasteiger partial charge in [-0.15, -0.1) is 0 Å². The molecule has 0 amide bonds. The lowest BCUT2D eigenvalue weighted by atomic mass is 10.0. The van der Waals surface area contributed by atoms with Crippen molar-refractivity contribution in [3.05, 3.63) is 0 Å². The van der Waals surface area contributed by atoms with Crippen LogP contribution in [-0.4, -0.2) is 30.1 Å². The van der Waals surface area contributed by atoms with Crippen LogP contribution in [0.4, 0.5) is 0 Å². The molecule has 64 valence electrons. The third-order valence-corrected chi connectivity index (χ3v) is 1.56. The molecule has 0 aliphatic rings. The first-order valence-electron chi connectivity index (χ1n) is 3.27. The number of aliphatic hydroxyl groups is 1. The topological polar surface area (TPSA) is 63.6 Å². The van der Waals surface area contributed by atoms with Crippen molar-refractivity contribution >= 4 is 11.8 Å². The fourth-order valence-electron chi connectivity index (χ4n) is 0.547. The number of methoxy groups -OCH3 is 1. The Hall–Kier alpha value is -0.900. The van der Waals surface area contributed by atoms with Gasteiger partial charge in [-0.3, -0.25) is 4.79 Å². The molecule has 0 spiro atoms. The molecule has 2 atom stereocenters. The monoisotopic (exact) mass is 160 g/mol. The van der Waals surface area contributed by atoms with Gasteiger partial charge in [0.05, 0.1) is 13.0 Å². The Morgan fingerprint density at radius 3 is 2.18 bits per heavy atom. The molecule has 0 aromatic rings. The number of aliphatic hydroxyl groups excluding tert-OH is 1. The summed E-state index contributed by atoms with van der Waals surface area (Å²) in [6, 6.07) is 0. The minimum Gasteiger partial charge on any atom is -0.467 e. The quantitative estimate of drug-likeness (QED) is 0.578. The van der Waals surface area contributed by atoms with E-state index in [2.05, 4.69) is 4.74 Å². The minimum atomic E-state index is -1.34. The normalized spacial score (nSPS) is 15.3. The second-order valence-corrected chi connectivity index (χ2v) is 2.37. The zero-order valence-electron chi connectivity index (χ0n) is 6.83. The van der Waals surface area contributed by atoms with Crippen LogP contribution in [0.15, 0.2) is 0 Å². The van der Waals surface area contributed by atoms with Gasteiger partial charge in [-0.05, 0) is 6.92 Å². The molecule has 1 unspecified atom stereocenters. The smallest absolute Gasteiger partial charge is 0.335 e. The Labute approximate surface area is 65.2 Å². The molecule has 0 aromatic carbocycles. The van der Waals surface area contributed by atoms with Crippen LogP contribution in [0.1, 0.15) is 13.8 Å². The maximum absolute atomic E-state index is 10.6. The van der Waals surface area contributed by atoms with Crippen LogP contribution in [0, 0.1) is 5.92 Å². The van der Waals surface area contributed by atoms with E-state index < -0.39 is 18.0 Å². The minimum absolute atomic E-state index is 0.233. The van der Waals surface area contributed by atoms with E-state index in [1.54, 1.807) is 0 Å². The molecule has 0 aliphatic carbocycles. The first-order chi connectivity index (χ1) is 5.00. The van der Waals surface area contributed by atoms with Crippen molar-refractivity contribution in [3.63, 3.8) is 0 Å². The third-order valence-electron chi connectivity index (χ3n) is 1.56. The molecule has 0 fully saturated rings. The number of rotatable bonds is 3. The van der Waals surface area contributed by atoms with E-state index in [1.165, 1.54) is 21.0 Å². The second-order valence-electron chi connectivity index (χ2n) is 2.37. The first-order valence-corrected chi connectivity index (χ1v) is 3.27. The maximum Gasteiger partial charge on any atom is 0.335 e. The third kappa shape index (κ3) is 2.67. The molecule has 4 nitrogen and oxygen atoms in total. The zero-order chi connectivity index (χ0) is 9.02. The van der Waals surface area contributed by atoms with Crippen molar-refractivity contribution in [2.24, 2.45) is 5.92 Å². The molecule has 0 saturated heterocycles. The molecule has 0 aliphatic heterocycles. The number of hydrogen-bond acceptors (Lipinski definition) is 4. The van der Waals surface area contributed by atoms with Crippen LogP contribution >= 0.6 is 0 Å². The van der Waals surface area contributed by atoms with E-state index in [1.807, 2.05) is 0 Å². The predicted molar refractivity (Wildman–Crippen MR) is 37.9 cm³/mol. The largest absolute Gasteiger partial charge is 0.467 e. The molecule has 0 radical (unpaired) electrons. The van der Waals surface area contributed by atoms with Crippen LogP contribution in [-0.2, 0) is 14.3 Å². The van der Waals surface area contributed by atoms with E-state index in [0.717, 1.165) is 0 Å². The van der Waals surface area contributed by atoms with E-state index in [-0.39, 0.29) is 5.78 Å². The molecule has 0 saturated carbocycles. The average Bonchev–Trinajstić information content (AvgIpc) is 2.00. The highest BCUT2D eigenvalue weighted by atomic mass is 16.5. The highest BCUT2D eigenvalue weighted by Crippen LogP contribution is 2.05. The summed E-state index contributed by atoms with van der Waals surface area (Å²) in [5, 5.41) is 9.06. The van der Waals surface area contributed by atoms with Crippen LogP contribution in [0.2, 0.25) is 0 Å². The van der Waals surface area contributed by atoms with E-state index in [4.69, 9.17) is 5.11 Å². The van der Waals surface area contributed by atoms with Gasteiger partial charge in [-0.25, -0.2) is 4.79 Å². The van der Waals surface area contributed by atoms with Crippen molar-refractivity contribution in [1.82, 2.24) is 0 Å². The lowest BCUT2D eigenvalue weighted by Gasteiger charge is -2.12. The molecule has 11 heavy (non-hydrogen) atoms. The number of Topliss-reactive ketones (excluding diaryl/α,β-unsaturated/α-hetero) is 1. The fourth-order valence-corrected chi connectivity index (χ4v) is 0.547. The van der Waals surface area contributed by atoms with Crippen molar-refractivity contribution in [2.45, 2.75) is 20.0 Å². The fraction of sp³-hybridized carbons (Fsp3) is 0.714. The average molecular weight is 160 g/mol. The molecular weight excluding hydrogens is 148 g/mol. The van der Waals surface area contributed by atoms with Gasteiger partial charge < -0.3 is 9.84 Å². The number of ether oxygens (including phenoxy) is 1. The van der Waals surface area contributed by atoms with Gasteiger partial charge in [0.1, 0.15) is 5.78 Å². The Balaban J connectivity index is 4.12.